The summed E-state index contributed by atoms with van der Waals surface area (Å²) in [6.07, 6.45) is 1.60. The number of ether oxygens (including phenoxy) is 1. The number of para-hydroxylation sites is 1. The first-order valence-corrected chi connectivity index (χ1v) is 9.93. The molecule has 3 rings (SSSR count). The van der Waals surface area contributed by atoms with E-state index in [1.54, 1.807) is 55.7 Å². The van der Waals surface area contributed by atoms with Crippen LogP contribution in [0.5, 0.6) is 5.75 Å². The van der Waals surface area contributed by atoms with Gasteiger partial charge in [0, 0.05) is 20.4 Å². The number of methoxy groups -OCH3 is 1. The summed E-state index contributed by atoms with van der Waals surface area (Å²) in [7, 11) is 1.56. The minimum absolute atomic E-state index is 0.113. The maximum atomic E-state index is 12.9. The van der Waals surface area contributed by atoms with Gasteiger partial charge in [-0.05, 0) is 71.1 Å². The van der Waals surface area contributed by atoms with E-state index in [-0.39, 0.29) is 11.6 Å². The van der Waals surface area contributed by atoms with Gasteiger partial charge in [0.1, 0.15) is 11.4 Å². The van der Waals surface area contributed by atoms with E-state index in [0.29, 0.717) is 22.6 Å². The van der Waals surface area contributed by atoms with Crippen molar-refractivity contribution in [3.05, 3.63) is 99.3 Å². The lowest BCUT2D eigenvalue weighted by Crippen LogP contribution is -2.30. The lowest BCUT2D eigenvalue weighted by molar-refractivity contribution is -0.113. The second-order valence-corrected chi connectivity index (χ2v) is 7.33. The van der Waals surface area contributed by atoms with E-state index in [4.69, 9.17) is 4.74 Å². The molecule has 2 amide bonds. The van der Waals surface area contributed by atoms with E-state index < -0.39 is 5.91 Å². The molecule has 0 saturated carbocycles. The van der Waals surface area contributed by atoms with E-state index in [0.717, 1.165) is 3.57 Å². The molecule has 0 aliphatic carbocycles. The lowest BCUT2D eigenvalue weighted by atomic mass is 10.1. The predicted octanol–water partition coefficient (Wildman–Crippen LogP) is 4.71. The van der Waals surface area contributed by atoms with Gasteiger partial charge >= 0.3 is 0 Å². The fourth-order valence-corrected chi connectivity index (χ4v) is 2.97. The molecule has 0 aliphatic rings. The van der Waals surface area contributed by atoms with Gasteiger partial charge in [-0.3, -0.25) is 9.59 Å². The average Bonchev–Trinajstić information content (AvgIpc) is 2.75. The number of hydrogen-bond donors (Lipinski definition) is 2. The summed E-state index contributed by atoms with van der Waals surface area (Å²) in [5.74, 6) is -0.202. The van der Waals surface area contributed by atoms with E-state index in [2.05, 4.69) is 33.2 Å². The quantitative estimate of drug-likeness (QED) is 0.382. The Hall–Kier alpha value is -3.13. The largest absolute Gasteiger partial charge is 0.496 e. The zero-order chi connectivity index (χ0) is 20.6. The summed E-state index contributed by atoms with van der Waals surface area (Å²) in [6, 6.07) is 23.4. The van der Waals surface area contributed by atoms with Crippen molar-refractivity contribution >= 4 is 46.2 Å². The third-order valence-electron chi connectivity index (χ3n) is 4.07. The minimum Gasteiger partial charge on any atom is -0.496 e. The highest BCUT2D eigenvalue weighted by Crippen LogP contribution is 2.21. The Bertz CT molecular complexity index is 1030. The summed E-state index contributed by atoms with van der Waals surface area (Å²) >= 11 is 2.19. The Morgan fingerprint density at radius 2 is 1.55 bits per heavy atom. The molecule has 3 aromatic rings. The van der Waals surface area contributed by atoms with E-state index in [9.17, 15) is 9.59 Å². The Morgan fingerprint density at radius 3 is 2.24 bits per heavy atom. The maximum Gasteiger partial charge on any atom is 0.272 e. The van der Waals surface area contributed by atoms with Crippen molar-refractivity contribution in [2.75, 3.05) is 12.4 Å². The number of benzene rings is 3. The van der Waals surface area contributed by atoms with E-state index in [1.165, 1.54) is 0 Å². The van der Waals surface area contributed by atoms with Crippen LogP contribution in [-0.4, -0.2) is 18.9 Å². The summed E-state index contributed by atoms with van der Waals surface area (Å²) in [5.41, 5.74) is 1.88. The van der Waals surface area contributed by atoms with Crippen LogP contribution >= 0.6 is 22.6 Å². The van der Waals surface area contributed by atoms with Crippen molar-refractivity contribution in [2.24, 2.45) is 0 Å². The predicted molar refractivity (Wildman–Crippen MR) is 123 cm³/mol. The van der Waals surface area contributed by atoms with Crippen molar-refractivity contribution in [3.8, 4) is 5.75 Å². The molecule has 146 valence electrons. The van der Waals surface area contributed by atoms with Gasteiger partial charge in [-0.1, -0.05) is 36.4 Å². The number of carbonyl (C=O) groups is 2. The molecule has 6 heteroatoms. The van der Waals surface area contributed by atoms with Crippen LogP contribution < -0.4 is 15.4 Å². The van der Waals surface area contributed by atoms with Crippen molar-refractivity contribution in [3.63, 3.8) is 0 Å². The Morgan fingerprint density at radius 1 is 0.897 bits per heavy atom. The van der Waals surface area contributed by atoms with Gasteiger partial charge in [-0.15, -0.1) is 0 Å². The number of halogens is 1. The van der Waals surface area contributed by atoms with Crippen molar-refractivity contribution in [1.29, 1.82) is 0 Å². The molecule has 0 spiro atoms. The molecule has 0 heterocycles. The van der Waals surface area contributed by atoms with Gasteiger partial charge < -0.3 is 15.4 Å². The molecule has 0 atom stereocenters. The first-order valence-electron chi connectivity index (χ1n) is 8.85. The van der Waals surface area contributed by atoms with Gasteiger partial charge in [0.2, 0.25) is 0 Å². The zero-order valence-electron chi connectivity index (χ0n) is 15.7. The van der Waals surface area contributed by atoms with Crippen LogP contribution in [0.3, 0.4) is 0 Å². The van der Waals surface area contributed by atoms with Crippen molar-refractivity contribution < 1.29 is 14.3 Å². The number of anilines is 1. The first kappa shape index (κ1) is 20.6. The maximum absolute atomic E-state index is 12.9. The third kappa shape index (κ3) is 5.68. The summed E-state index contributed by atoms with van der Waals surface area (Å²) in [4.78, 5) is 25.6. The highest BCUT2D eigenvalue weighted by atomic mass is 127. The number of carbonyl (C=O) groups excluding carboxylic acids is 2. The molecular weight excluding hydrogens is 479 g/mol. The van der Waals surface area contributed by atoms with Gasteiger partial charge in [0.25, 0.3) is 11.8 Å². The van der Waals surface area contributed by atoms with Crippen molar-refractivity contribution in [2.45, 2.75) is 0 Å². The topological polar surface area (TPSA) is 67.4 Å². The summed E-state index contributed by atoms with van der Waals surface area (Å²) < 4.78 is 6.42. The number of amides is 2. The summed E-state index contributed by atoms with van der Waals surface area (Å²) in [6.45, 7) is 0. The molecule has 0 aliphatic heterocycles. The van der Waals surface area contributed by atoms with Crippen LogP contribution in [-0.2, 0) is 4.79 Å². The standard InChI is InChI=1S/C23H19IN2O3/c1-29-21-10-6-5-9-17(21)15-20(26-22(27)16-7-3-2-4-8-16)23(28)25-19-13-11-18(24)12-14-19/h2-15H,1H3,(H,25,28)(H,26,27)/b20-15-. The Balaban J connectivity index is 1.92. The minimum atomic E-state index is -0.429. The number of hydrogen-bond acceptors (Lipinski definition) is 3. The number of nitrogens with one attached hydrogen (secondary N) is 2. The molecule has 0 bridgehead atoms. The van der Waals surface area contributed by atoms with Crippen LogP contribution in [0.1, 0.15) is 15.9 Å². The molecule has 2 N–H and O–H groups in total. The smallest absolute Gasteiger partial charge is 0.272 e. The highest BCUT2D eigenvalue weighted by Gasteiger charge is 2.16. The normalized spacial score (nSPS) is 10.9. The highest BCUT2D eigenvalue weighted by molar-refractivity contribution is 14.1. The first-order chi connectivity index (χ1) is 14.1. The van der Waals surface area contributed by atoms with Gasteiger partial charge in [0.15, 0.2) is 0 Å². The zero-order valence-corrected chi connectivity index (χ0v) is 17.8. The van der Waals surface area contributed by atoms with Crippen LogP contribution in [0.4, 0.5) is 5.69 Å². The van der Waals surface area contributed by atoms with E-state index >= 15 is 0 Å². The second kappa shape index (κ2) is 9.88. The van der Waals surface area contributed by atoms with Gasteiger partial charge in [-0.2, -0.15) is 0 Å². The van der Waals surface area contributed by atoms with Crippen LogP contribution in [0.15, 0.2) is 84.6 Å². The molecule has 0 radical (unpaired) electrons. The SMILES string of the molecule is COc1ccccc1/C=C(\NC(=O)c1ccccc1)C(=O)Nc1ccc(I)cc1. The van der Waals surface area contributed by atoms with Crippen LogP contribution in [0.25, 0.3) is 6.08 Å². The van der Waals surface area contributed by atoms with E-state index in [1.807, 2.05) is 36.4 Å². The molecule has 0 saturated heterocycles. The average molecular weight is 498 g/mol. The van der Waals surface area contributed by atoms with Gasteiger partial charge in [0.05, 0.1) is 7.11 Å². The third-order valence-corrected chi connectivity index (χ3v) is 4.79. The molecule has 0 fully saturated rings. The van der Waals surface area contributed by atoms with Crippen LogP contribution in [0.2, 0.25) is 0 Å². The monoisotopic (exact) mass is 498 g/mol. The summed E-state index contributed by atoms with van der Waals surface area (Å²) in [5, 5.41) is 5.54. The fourth-order valence-electron chi connectivity index (χ4n) is 2.62. The van der Waals surface area contributed by atoms with Crippen molar-refractivity contribution in [1.82, 2.24) is 5.32 Å². The molecule has 5 nitrogen and oxygen atoms in total. The Kier molecular flexibility index (Phi) is 7.02. The lowest BCUT2D eigenvalue weighted by Gasteiger charge is -2.12. The molecule has 0 aromatic heterocycles. The Labute approximate surface area is 182 Å². The second-order valence-electron chi connectivity index (χ2n) is 6.08. The molecule has 3 aromatic carbocycles. The molecule has 29 heavy (non-hydrogen) atoms. The van der Waals surface area contributed by atoms with Crippen LogP contribution in [0, 0.1) is 3.57 Å². The molecular formula is C23H19IN2O3. The van der Waals surface area contributed by atoms with Gasteiger partial charge in [-0.25, -0.2) is 0 Å². The number of rotatable bonds is 6. The fraction of sp³-hybridized carbons (Fsp3) is 0.0435. The molecule has 0 unspecified atom stereocenters.